The van der Waals surface area contributed by atoms with E-state index in [9.17, 15) is 14.4 Å². The second kappa shape index (κ2) is 6.39. The molecule has 5 nitrogen and oxygen atoms in total. The molecule has 6 atom stereocenters. The molecule has 5 aliphatic rings. The summed E-state index contributed by atoms with van der Waals surface area (Å²) in [7, 11) is 0. The molecule has 31 heavy (non-hydrogen) atoms. The van der Waals surface area contributed by atoms with Crippen LogP contribution in [-0.4, -0.2) is 17.7 Å². The summed E-state index contributed by atoms with van der Waals surface area (Å²) in [4.78, 5) is 40.6. The fourth-order valence-corrected chi connectivity index (χ4v) is 6.17. The van der Waals surface area contributed by atoms with E-state index >= 15 is 0 Å². The summed E-state index contributed by atoms with van der Waals surface area (Å²) >= 11 is 0. The van der Waals surface area contributed by atoms with Crippen LogP contribution in [0.2, 0.25) is 0 Å². The number of amides is 3. The highest BCUT2D eigenvalue weighted by Crippen LogP contribution is 2.65. The van der Waals surface area contributed by atoms with Gasteiger partial charge in [-0.1, -0.05) is 30.4 Å². The van der Waals surface area contributed by atoms with Crippen molar-refractivity contribution in [1.82, 2.24) is 0 Å². The van der Waals surface area contributed by atoms with E-state index in [1.54, 1.807) is 24.3 Å². The van der Waals surface area contributed by atoms with Crippen LogP contribution in [0.5, 0.6) is 0 Å². The number of carbonyl (C=O) groups is 3. The number of aryl methyl sites for hydroxylation is 2. The highest BCUT2D eigenvalue weighted by atomic mass is 16.2. The molecule has 7 rings (SSSR count). The molecule has 2 bridgehead atoms. The number of para-hydroxylation sites is 1. The fourth-order valence-electron chi connectivity index (χ4n) is 6.17. The van der Waals surface area contributed by atoms with Gasteiger partial charge in [0.25, 0.3) is 5.91 Å². The molecule has 2 saturated carbocycles. The number of rotatable bonds is 3. The number of nitrogens with zero attached hydrogens (tertiary/aromatic N) is 1. The van der Waals surface area contributed by atoms with Gasteiger partial charge in [0.15, 0.2) is 0 Å². The van der Waals surface area contributed by atoms with Crippen molar-refractivity contribution in [3.63, 3.8) is 0 Å². The summed E-state index contributed by atoms with van der Waals surface area (Å²) < 4.78 is 0. The lowest BCUT2D eigenvalue weighted by Crippen LogP contribution is -2.40. The van der Waals surface area contributed by atoms with Crippen molar-refractivity contribution in [2.75, 3.05) is 10.2 Å². The van der Waals surface area contributed by atoms with E-state index in [4.69, 9.17) is 0 Å². The third-order valence-electron chi connectivity index (χ3n) is 7.77. The van der Waals surface area contributed by atoms with Gasteiger partial charge < -0.3 is 5.32 Å². The first-order chi connectivity index (χ1) is 15.0. The van der Waals surface area contributed by atoms with E-state index < -0.39 is 0 Å². The van der Waals surface area contributed by atoms with Crippen molar-refractivity contribution in [2.45, 2.75) is 20.3 Å². The average molecular weight is 412 g/mol. The van der Waals surface area contributed by atoms with E-state index in [1.165, 1.54) is 4.90 Å². The zero-order valence-electron chi connectivity index (χ0n) is 17.5. The molecule has 1 aliphatic heterocycles. The maximum absolute atomic E-state index is 13.2. The monoisotopic (exact) mass is 412 g/mol. The molecule has 1 saturated heterocycles. The van der Waals surface area contributed by atoms with Crippen molar-refractivity contribution in [2.24, 2.45) is 35.5 Å². The Kier molecular flexibility index (Phi) is 3.83. The lowest BCUT2D eigenvalue weighted by Gasteiger charge is -2.37. The number of carbonyl (C=O) groups excluding carboxylic acids is 3. The molecule has 1 N–H and O–H groups in total. The predicted octanol–water partition coefficient (Wildman–Crippen LogP) is 4.11. The number of anilines is 2. The molecule has 2 aromatic rings. The molecule has 0 radical (unpaired) electrons. The van der Waals surface area contributed by atoms with Crippen molar-refractivity contribution < 1.29 is 14.4 Å². The smallest absolute Gasteiger partial charge is 0.255 e. The van der Waals surface area contributed by atoms with Crippen molar-refractivity contribution in [3.05, 3.63) is 71.3 Å². The van der Waals surface area contributed by atoms with Gasteiger partial charge in [0.1, 0.15) is 0 Å². The summed E-state index contributed by atoms with van der Waals surface area (Å²) in [6.45, 7) is 3.92. The minimum absolute atomic E-state index is 0.0764. The van der Waals surface area contributed by atoms with E-state index in [2.05, 4.69) is 17.5 Å². The highest BCUT2D eigenvalue weighted by Gasteiger charge is 2.67. The molecule has 4 aliphatic carbocycles. The van der Waals surface area contributed by atoms with Gasteiger partial charge in [0.05, 0.1) is 17.5 Å². The van der Waals surface area contributed by atoms with Crippen molar-refractivity contribution in [3.8, 4) is 0 Å². The molecule has 0 spiro atoms. The Morgan fingerprint density at radius 1 is 0.871 bits per heavy atom. The number of hydrogen-bond acceptors (Lipinski definition) is 3. The molecule has 1 heterocycles. The first kappa shape index (κ1) is 18.6. The van der Waals surface area contributed by atoms with Crippen molar-refractivity contribution >= 4 is 29.1 Å². The summed E-state index contributed by atoms with van der Waals surface area (Å²) in [6, 6.07) is 12.7. The van der Waals surface area contributed by atoms with Gasteiger partial charge in [-0.3, -0.25) is 19.3 Å². The van der Waals surface area contributed by atoms with E-state index in [-0.39, 0.29) is 41.4 Å². The van der Waals surface area contributed by atoms with Crippen LogP contribution in [0.4, 0.5) is 11.4 Å². The maximum Gasteiger partial charge on any atom is 0.255 e. The van der Waals surface area contributed by atoms with Gasteiger partial charge in [-0.2, -0.15) is 0 Å². The minimum Gasteiger partial charge on any atom is -0.322 e. The average Bonchev–Trinajstić information content (AvgIpc) is 3.54. The van der Waals surface area contributed by atoms with Gasteiger partial charge in [0, 0.05) is 11.3 Å². The molecule has 3 amide bonds. The predicted molar refractivity (Wildman–Crippen MR) is 118 cm³/mol. The van der Waals surface area contributed by atoms with Crippen LogP contribution < -0.4 is 10.2 Å². The van der Waals surface area contributed by atoms with Crippen LogP contribution in [0.1, 0.15) is 27.9 Å². The number of benzene rings is 2. The first-order valence-corrected chi connectivity index (χ1v) is 11.0. The highest BCUT2D eigenvalue weighted by molar-refractivity contribution is 6.22. The third-order valence-corrected chi connectivity index (χ3v) is 7.77. The number of nitrogens with one attached hydrogen (secondary N) is 1. The van der Waals surface area contributed by atoms with Gasteiger partial charge in [-0.15, -0.1) is 0 Å². The van der Waals surface area contributed by atoms with Gasteiger partial charge in [-0.05, 0) is 79.3 Å². The van der Waals surface area contributed by atoms with E-state index in [0.717, 1.165) is 23.2 Å². The van der Waals surface area contributed by atoms with Gasteiger partial charge in [0.2, 0.25) is 11.8 Å². The first-order valence-electron chi connectivity index (χ1n) is 11.0. The van der Waals surface area contributed by atoms with E-state index in [0.29, 0.717) is 23.1 Å². The molecular formula is C26H24N2O3. The molecule has 156 valence electrons. The van der Waals surface area contributed by atoms with Crippen LogP contribution in [0, 0.1) is 49.4 Å². The molecular weight excluding hydrogens is 388 g/mol. The Bertz CT molecular complexity index is 1110. The van der Waals surface area contributed by atoms with Crippen LogP contribution in [0.3, 0.4) is 0 Å². The SMILES string of the molecule is Cc1cccc(C)c1NC(=O)c1ccc(N2C(=O)[C@@H]3[C@H]4C=C[C@H]([C@H]5C[C@H]45)[C@@H]3C2=O)cc1. The molecule has 3 fully saturated rings. The Morgan fingerprint density at radius 3 is 1.97 bits per heavy atom. The zero-order chi connectivity index (χ0) is 21.4. The van der Waals surface area contributed by atoms with Crippen LogP contribution in [0.15, 0.2) is 54.6 Å². The van der Waals surface area contributed by atoms with Crippen LogP contribution in [0.25, 0.3) is 0 Å². The summed E-state index contributed by atoms with van der Waals surface area (Å²) in [5, 5.41) is 2.98. The summed E-state index contributed by atoms with van der Waals surface area (Å²) in [5.74, 6) is 0.816. The normalized spacial score (nSPS) is 32.1. The van der Waals surface area contributed by atoms with Crippen molar-refractivity contribution in [1.29, 1.82) is 0 Å². The Hall–Kier alpha value is -3.21. The topological polar surface area (TPSA) is 66.5 Å². The number of imide groups is 1. The lowest BCUT2D eigenvalue weighted by molar-refractivity contribution is -0.124. The van der Waals surface area contributed by atoms with Gasteiger partial charge in [-0.25, -0.2) is 0 Å². The lowest BCUT2D eigenvalue weighted by atomic mass is 9.63. The quantitative estimate of drug-likeness (QED) is 0.609. The summed E-state index contributed by atoms with van der Waals surface area (Å²) in [6.07, 6.45) is 5.51. The zero-order valence-corrected chi connectivity index (χ0v) is 17.5. The second-order valence-electron chi connectivity index (χ2n) is 9.43. The largest absolute Gasteiger partial charge is 0.322 e. The maximum atomic E-state index is 13.2. The number of hydrogen-bond donors (Lipinski definition) is 1. The Labute approximate surface area is 181 Å². The molecule has 2 aromatic carbocycles. The molecule has 5 heteroatoms. The second-order valence-corrected chi connectivity index (χ2v) is 9.43. The number of allylic oxidation sites excluding steroid dienone is 2. The third kappa shape index (κ3) is 2.59. The Morgan fingerprint density at radius 2 is 1.42 bits per heavy atom. The van der Waals surface area contributed by atoms with E-state index in [1.807, 2.05) is 32.0 Å². The standard InChI is InChI=1S/C26H24N2O3/c1-13-4-3-5-14(2)23(13)27-24(29)15-6-8-16(9-7-15)28-25(30)21-17-10-11-18(20-12-19(17)20)22(21)26(28)31/h3-11,17-22H,12H2,1-2H3,(H,27,29)/t17-,18+,19-,20-,21+,22-/m1/s1. The molecule has 0 aromatic heterocycles. The fraction of sp³-hybridized carbons (Fsp3) is 0.346. The van der Waals surface area contributed by atoms with Crippen LogP contribution in [-0.2, 0) is 9.59 Å². The molecule has 0 unspecified atom stereocenters. The Balaban J connectivity index is 1.24. The summed E-state index contributed by atoms with van der Waals surface area (Å²) in [5.41, 5.74) is 3.86. The van der Waals surface area contributed by atoms with Gasteiger partial charge >= 0.3 is 0 Å². The van der Waals surface area contributed by atoms with Crippen LogP contribution >= 0.6 is 0 Å². The minimum atomic E-state index is -0.210.